The van der Waals surface area contributed by atoms with Crippen molar-refractivity contribution in [2.45, 2.75) is 19.4 Å². The van der Waals surface area contributed by atoms with Crippen LogP contribution in [0.5, 0.6) is 0 Å². The number of hydrogen-bond donors (Lipinski definition) is 1. The highest BCUT2D eigenvalue weighted by Gasteiger charge is 2.13. The molecule has 1 saturated heterocycles. The van der Waals surface area contributed by atoms with Crippen LogP contribution in [0.25, 0.3) is 0 Å². The largest absolute Gasteiger partial charge is 0.316 e. The van der Waals surface area contributed by atoms with Gasteiger partial charge in [0.1, 0.15) is 0 Å². The second-order valence-electron chi connectivity index (χ2n) is 3.59. The van der Waals surface area contributed by atoms with Gasteiger partial charge in [-0.1, -0.05) is 0 Å². The van der Waals surface area contributed by atoms with Crippen molar-refractivity contribution in [2.24, 2.45) is 5.92 Å². The molecule has 0 saturated carbocycles. The summed E-state index contributed by atoms with van der Waals surface area (Å²) in [6.07, 6.45) is 6.67. The molecule has 1 aromatic heterocycles. The van der Waals surface area contributed by atoms with Gasteiger partial charge in [0, 0.05) is 12.7 Å². The Morgan fingerprint density at radius 3 is 3.23 bits per heavy atom. The first kappa shape index (κ1) is 9.45. The van der Waals surface area contributed by atoms with Gasteiger partial charge in [0.25, 0.3) is 0 Å². The van der Waals surface area contributed by atoms with E-state index in [1.165, 1.54) is 23.0 Å². The average Bonchev–Trinajstić information content (AvgIpc) is 2.53. The van der Waals surface area contributed by atoms with Gasteiger partial charge in [0.05, 0.1) is 9.77 Å². The van der Waals surface area contributed by atoms with Crippen LogP contribution < -0.4 is 5.32 Å². The summed E-state index contributed by atoms with van der Waals surface area (Å²) in [7, 11) is 0. The van der Waals surface area contributed by atoms with Gasteiger partial charge in [-0.15, -0.1) is 0 Å². The Hall–Kier alpha value is -0.100. The minimum absolute atomic E-state index is 0.768. The molecule has 0 unspecified atom stereocenters. The predicted octanol–water partition coefficient (Wildman–Crippen LogP) is 1.49. The Balaban J connectivity index is 1.89. The van der Waals surface area contributed by atoms with Crippen LogP contribution in [0.4, 0.5) is 0 Å². The number of halogens is 1. The van der Waals surface area contributed by atoms with Crippen LogP contribution in [0.2, 0.25) is 0 Å². The fourth-order valence-electron chi connectivity index (χ4n) is 1.78. The lowest BCUT2D eigenvalue weighted by molar-refractivity contribution is 0.325. The summed E-state index contributed by atoms with van der Waals surface area (Å²) in [5.74, 6) is 0.768. The third-order valence-electron chi connectivity index (χ3n) is 2.45. The minimum atomic E-state index is 0.768. The van der Waals surface area contributed by atoms with E-state index in [-0.39, 0.29) is 0 Å². The zero-order chi connectivity index (χ0) is 9.10. The van der Waals surface area contributed by atoms with Crippen molar-refractivity contribution in [3.63, 3.8) is 0 Å². The summed E-state index contributed by atoms with van der Waals surface area (Å²) >= 11 is 2.30. The molecule has 2 rings (SSSR count). The lowest BCUT2D eigenvalue weighted by Crippen LogP contribution is -2.32. The van der Waals surface area contributed by atoms with E-state index in [2.05, 4.69) is 43.9 Å². The number of aromatic nitrogens is 2. The Morgan fingerprint density at radius 1 is 1.69 bits per heavy atom. The Kier molecular flexibility index (Phi) is 3.21. The molecule has 3 nitrogen and oxygen atoms in total. The Labute approximate surface area is 92.0 Å². The highest BCUT2D eigenvalue weighted by atomic mass is 127. The molecule has 13 heavy (non-hydrogen) atoms. The van der Waals surface area contributed by atoms with Gasteiger partial charge in [0.15, 0.2) is 0 Å². The number of nitrogens with zero attached hydrogens (tertiary/aromatic N) is 2. The summed E-state index contributed by atoms with van der Waals surface area (Å²) in [4.78, 5) is 0. The maximum absolute atomic E-state index is 4.29. The molecular formula is C9H14IN3. The highest BCUT2D eigenvalue weighted by molar-refractivity contribution is 14.1. The molecule has 1 aromatic rings. The van der Waals surface area contributed by atoms with Gasteiger partial charge < -0.3 is 5.32 Å². The summed E-state index contributed by atoms with van der Waals surface area (Å²) < 4.78 is 3.28. The van der Waals surface area contributed by atoms with Crippen LogP contribution in [0, 0.1) is 9.49 Å². The first-order valence-electron chi connectivity index (χ1n) is 4.73. The van der Waals surface area contributed by atoms with Crippen molar-refractivity contribution in [1.29, 1.82) is 0 Å². The molecule has 1 atom stereocenters. The van der Waals surface area contributed by atoms with Gasteiger partial charge in [0.2, 0.25) is 0 Å². The Bertz CT molecular complexity index is 266. The van der Waals surface area contributed by atoms with E-state index in [1.807, 2.05) is 6.20 Å². The third-order valence-corrected chi connectivity index (χ3v) is 3.00. The molecule has 0 aliphatic carbocycles. The lowest BCUT2D eigenvalue weighted by Gasteiger charge is -2.22. The molecule has 1 N–H and O–H groups in total. The van der Waals surface area contributed by atoms with Gasteiger partial charge in [-0.2, -0.15) is 5.10 Å². The first-order valence-corrected chi connectivity index (χ1v) is 5.81. The maximum atomic E-state index is 4.29. The van der Waals surface area contributed by atoms with Crippen LogP contribution in [0.1, 0.15) is 12.8 Å². The number of piperidine rings is 1. The number of nitrogens with one attached hydrogen (secondary N) is 1. The second-order valence-corrected chi connectivity index (χ2v) is 4.84. The molecule has 2 heterocycles. The normalized spacial score (nSPS) is 23.3. The number of hydrogen-bond acceptors (Lipinski definition) is 2. The highest BCUT2D eigenvalue weighted by Crippen LogP contribution is 2.12. The molecule has 72 valence electrons. The van der Waals surface area contributed by atoms with E-state index < -0.39 is 0 Å². The summed E-state index contributed by atoms with van der Waals surface area (Å²) in [6.45, 7) is 3.40. The van der Waals surface area contributed by atoms with E-state index in [0.717, 1.165) is 19.0 Å². The van der Waals surface area contributed by atoms with Crippen molar-refractivity contribution in [2.75, 3.05) is 13.1 Å². The van der Waals surface area contributed by atoms with E-state index in [9.17, 15) is 0 Å². The standard InChI is InChI=1S/C9H14IN3/c10-9-5-12-13(7-9)6-8-2-1-3-11-4-8/h5,7-8,11H,1-4,6H2/t8-/m1/s1. The van der Waals surface area contributed by atoms with E-state index in [1.54, 1.807) is 0 Å². The molecule has 1 aliphatic rings. The Morgan fingerprint density at radius 2 is 2.62 bits per heavy atom. The average molecular weight is 291 g/mol. The molecule has 1 fully saturated rings. The van der Waals surface area contributed by atoms with Crippen molar-refractivity contribution in [3.8, 4) is 0 Å². The molecule has 0 bridgehead atoms. The van der Waals surface area contributed by atoms with Gasteiger partial charge >= 0.3 is 0 Å². The van der Waals surface area contributed by atoms with Crippen molar-refractivity contribution < 1.29 is 0 Å². The summed E-state index contributed by atoms with van der Waals surface area (Å²) in [5.41, 5.74) is 0. The van der Waals surface area contributed by atoms with Gasteiger partial charge in [-0.3, -0.25) is 4.68 Å². The minimum Gasteiger partial charge on any atom is -0.316 e. The molecule has 0 spiro atoms. The first-order chi connectivity index (χ1) is 6.34. The van der Waals surface area contributed by atoms with Crippen molar-refractivity contribution in [3.05, 3.63) is 16.0 Å². The molecule has 1 aliphatic heterocycles. The van der Waals surface area contributed by atoms with Crippen molar-refractivity contribution >= 4 is 22.6 Å². The molecule has 0 amide bonds. The molecule has 0 radical (unpaired) electrons. The molecule has 0 aromatic carbocycles. The van der Waals surface area contributed by atoms with Crippen LogP contribution >= 0.6 is 22.6 Å². The van der Waals surface area contributed by atoms with Gasteiger partial charge in [-0.05, 0) is 54.4 Å². The van der Waals surface area contributed by atoms with Crippen molar-refractivity contribution in [1.82, 2.24) is 15.1 Å². The molecule has 4 heteroatoms. The summed E-state index contributed by atoms with van der Waals surface area (Å²) in [6, 6.07) is 0. The second kappa shape index (κ2) is 4.41. The maximum Gasteiger partial charge on any atom is 0.0623 e. The predicted molar refractivity (Wildman–Crippen MR) is 60.5 cm³/mol. The topological polar surface area (TPSA) is 29.9 Å². The quantitative estimate of drug-likeness (QED) is 0.837. The molecular weight excluding hydrogens is 277 g/mol. The van der Waals surface area contributed by atoms with Crippen LogP contribution in [0.15, 0.2) is 12.4 Å². The number of rotatable bonds is 2. The van der Waals surface area contributed by atoms with E-state index in [4.69, 9.17) is 0 Å². The lowest BCUT2D eigenvalue weighted by atomic mass is 10.00. The fraction of sp³-hybridized carbons (Fsp3) is 0.667. The SMILES string of the molecule is Ic1cnn(C[C@@H]2CCCNC2)c1. The van der Waals surface area contributed by atoms with Crippen LogP contribution in [-0.2, 0) is 6.54 Å². The van der Waals surface area contributed by atoms with Gasteiger partial charge in [-0.25, -0.2) is 0 Å². The van der Waals surface area contributed by atoms with E-state index in [0.29, 0.717) is 0 Å². The zero-order valence-electron chi connectivity index (χ0n) is 7.54. The smallest absolute Gasteiger partial charge is 0.0623 e. The van der Waals surface area contributed by atoms with Crippen LogP contribution in [-0.4, -0.2) is 22.9 Å². The zero-order valence-corrected chi connectivity index (χ0v) is 9.70. The third kappa shape index (κ3) is 2.67. The van der Waals surface area contributed by atoms with E-state index >= 15 is 0 Å². The van der Waals surface area contributed by atoms with Crippen LogP contribution in [0.3, 0.4) is 0 Å². The monoisotopic (exact) mass is 291 g/mol. The fourth-order valence-corrected chi connectivity index (χ4v) is 2.23. The summed E-state index contributed by atoms with van der Waals surface area (Å²) in [5, 5.41) is 7.71.